The second kappa shape index (κ2) is 6.31. The molecule has 0 spiro atoms. The maximum atomic E-state index is 12.9. The van der Waals surface area contributed by atoms with Crippen LogP contribution in [0.5, 0.6) is 0 Å². The molecule has 5 heteroatoms. The van der Waals surface area contributed by atoms with Gasteiger partial charge in [0.2, 0.25) is 0 Å². The Morgan fingerprint density at radius 2 is 2.00 bits per heavy atom. The van der Waals surface area contributed by atoms with Gasteiger partial charge < -0.3 is 4.90 Å². The molecule has 128 valence electrons. The molecule has 1 aromatic carbocycles. The smallest absolute Gasteiger partial charge is 0.253 e. The number of nitrogens with zero attached hydrogens (tertiary/aromatic N) is 4. The Morgan fingerprint density at radius 3 is 2.84 bits per heavy atom. The van der Waals surface area contributed by atoms with E-state index in [0.29, 0.717) is 6.54 Å². The number of carbonyl (C=O) groups is 1. The molecule has 0 N–H and O–H groups in total. The molecule has 5 nitrogen and oxygen atoms in total. The number of aryl methyl sites for hydroxylation is 2. The Morgan fingerprint density at radius 1 is 1.12 bits per heavy atom. The van der Waals surface area contributed by atoms with Gasteiger partial charge in [0.05, 0.1) is 0 Å². The molecule has 2 aromatic heterocycles. The van der Waals surface area contributed by atoms with Crippen molar-refractivity contribution in [3.63, 3.8) is 0 Å². The predicted octanol–water partition coefficient (Wildman–Crippen LogP) is 3.37. The number of benzene rings is 1. The van der Waals surface area contributed by atoms with Gasteiger partial charge in [0.25, 0.3) is 5.91 Å². The maximum absolute atomic E-state index is 12.9. The fourth-order valence-corrected chi connectivity index (χ4v) is 3.57. The van der Waals surface area contributed by atoms with Crippen molar-refractivity contribution in [2.24, 2.45) is 0 Å². The first kappa shape index (κ1) is 15.8. The third-order valence-electron chi connectivity index (χ3n) is 5.17. The number of amides is 1. The van der Waals surface area contributed by atoms with E-state index in [1.807, 2.05) is 58.8 Å². The van der Waals surface area contributed by atoms with Gasteiger partial charge in [-0.05, 0) is 62.1 Å². The van der Waals surface area contributed by atoms with Gasteiger partial charge in [0, 0.05) is 30.8 Å². The lowest BCUT2D eigenvalue weighted by Crippen LogP contribution is -2.39. The van der Waals surface area contributed by atoms with Gasteiger partial charge in [-0.2, -0.15) is 0 Å². The monoisotopic (exact) mass is 334 g/mol. The molecule has 0 saturated carbocycles. The number of hydrogen-bond acceptors (Lipinski definition) is 3. The summed E-state index contributed by atoms with van der Waals surface area (Å²) >= 11 is 0. The third kappa shape index (κ3) is 2.90. The zero-order valence-electron chi connectivity index (χ0n) is 14.6. The van der Waals surface area contributed by atoms with Crippen molar-refractivity contribution in [2.45, 2.75) is 32.6 Å². The molecule has 3 heterocycles. The van der Waals surface area contributed by atoms with Gasteiger partial charge in [0.15, 0.2) is 5.65 Å². The van der Waals surface area contributed by atoms with Crippen LogP contribution in [0, 0.1) is 13.8 Å². The molecular formula is C20H22N4O. The lowest BCUT2D eigenvalue weighted by Gasteiger charge is -2.32. The summed E-state index contributed by atoms with van der Waals surface area (Å²) in [5, 5.41) is 8.64. The minimum Gasteiger partial charge on any atom is -0.338 e. The second-order valence-corrected chi connectivity index (χ2v) is 6.88. The summed E-state index contributed by atoms with van der Waals surface area (Å²) in [5.74, 6) is 1.29. The summed E-state index contributed by atoms with van der Waals surface area (Å²) in [7, 11) is 0. The van der Waals surface area contributed by atoms with Gasteiger partial charge in [-0.3, -0.25) is 9.20 Å². The first-order valence-corrected chi connectivity index (χ1v) is 8.79. The minimum absolute atomic E-state index is 0.113. The van der Waals surface area contributed by atoms with Crippen LogP contribution in [-0.4, -0.2) is 38.5 Å². The molecule has 0 unspecified atom stereocenters. The van der Waals surface area contributed by atoms with Crippen molar-refractivity contribution in [1.82, 2.24) is 19.5 Å². The Labute approximate surface area is 147 Å². The molecule has 3 aromatic rings. The van der Waals surface area contributed by atoms with Crippen molar-refractivity contribution in [1.29, 1.82) is 0 Å². The number of likely N-dealkylation sites (tertiary alicyclic amines) is 1. The number of pyridine rings is 1. The third-order valence-corrected chi connectivity index (χ3v) is 5.17. The zero-order chi connectivity index (χ0) is 17.4. The highest BCUT2D eigenvalue weighted by Gasteiger charge is 2.28. The normalized spacial score (nSPS) is 17.8. The molecule has 1 atom stereocenters. The van der Waals surface area contributed by atoms with Crippen LogP contribution in [0.2, 0.25) is 0 Å². The Hall–Kier alpha value is -2.69. The SMILES string of the molecule is Cc1ccc(C(=O)N2CCC[C@H](c3nnc4ccccn34)C2)cc1C. The van der Waals surface area contributed by atoms with Crippen LogP contribution in [-0.2, 0) is 0 Å². The summed E-state index contributed by atoms with van der Waals surface area (Å²) in [6.07, 6.45) is 4.02. The van der Waals surface area contributed by atoms with E-state index >= 15 is 0 Å². The Kier molecular flexibility index (Phi) is 3.99. The summed E-state index contributed by atoms with van der Waals surface area (Å²) in [6.45, 7) is 5.62. The predicted molar refractivity (Wildman–Crippen MR) is 96.8 cm³/mol. The number of aromatic nitrogens is 3. The Bertz CT molecular complexity index is 930. The summed E-state index contributed by atoms with van der Waals surface area (Å²) in [5.41, 5.74) is 4.00. The van der Waals surface area contributed by atoms with Gasteiger partial charge in [0.1, 0.15) is 5.82 Å². The molecule has 1 saturated heterocycles. The van der Waals surface area contributed by atoms with E-state index in [1.165, 1.54) is 5.56 Å². The highest BCUT2D eigenvalue weighted by atomic mass is 16.2. The average Bonchev–Trinajstić information content (AvgIpc) is 3.08. The summed E-state index contributed by atoms with van der Waals surface area (Å²) < 4.78 is 2.04. The van der Waals surface area contributed by atoms with Crippen LogP contribution >= 0.6 is 0 Å². The summed E-state index contributed by atoms with van der Waals surface area (Å²) in [6, 6.07) is 11.9. The quantitative estimate of drug-likeness (QED) is 0.722. The lowest BCUT2D eigenvalue weighted by atomic mass is 9.96. The van der Waals surface area contributed by atoms with Gasteiger partial charge in [-0.15, -0.1) is 10.2 Å². The van der Waals surface area contributed by atoms with E-state index in [-0.39, 0.29) is 11.8 Å². The second-order valence-electron chi connectivity index (χ2n) is 6.88. The molecule has 1 fully saturated rings. The topological polar surface area (TPSA) is 50.5 Å². The number of piperidine rings is 1. The minimum atomic E-state index is 0.113. The van der Waals surface area contributed by atoms with E-state index in [0.717, 1.165) is 42.0 Å². The fraction of sp³-hybridized carbons (Fsp3) is 0.350. The average molecular weight is 334 g/mol. The zero-order valence-corrected chi connectivity index (χ0v) is 14.6. The van der Waals surface area contributed by atoms with Gasteiger partial charge >= 0.3 is 0 Å². The standard InChI is InChI=1S/C20H22N4O/c1-14-8-9-16(12-15(14)2)20(25)23-10-5-6-17(13-23)19-22-21-18-7-3-4-11-24(18)19/h3-4,7-9,11-12,17H,5-6,10,13H2,1-2H3/t17-/m0/s1. The van der Waals surface area contributed by atoms with Crippen LogP contribution in [0.15, 0.2) is 42.6 Å². The summed E-state index contributed by atoms with van der Waals surface area (Å²) in [4.78, 5) is 14.9. The van der Waals surface area contributed by atoms with Crippen LogP contribution < -0.4 is 0 Å². The molecule has 0 radical (unpaired) electrons. The van der Waals surface area contributed by atoms with E-state index in [2.05, 4.69) is 17.1 Å². The van der Waals surface area contributed by atoms with Crippen LogP contribution in [0.3, 0.4) is 0 Å². The molecule has 0 bridgehead atoms. The van der Waals surface area contributed by atoms with Crippen molar-refractivity contribution >= 4 is 11.6 Å². The van der Waals surface area contributed by atoms with Gasteiger partial charge in [-0.1, -0.05) is 12.1 Å². The Balaban J connectivity index is 1.58. The number of carbonyl (C=O) groups excluding carboxylic acids is 1. The molecule has 1 aliphatic rings. The van der Waals surface area contributed by atoms with Crippen molar-refractivity contribution in [2.75, 3.05) is 13.1 Å². The lowest BCUT2D eigenvalue weighted by molar-refractivity contribution is 0.0704. The molecule has 1 aliphatic heterocycles. The first-order valence-electron chi connectivity index (χ1n) is 8.79. The molecule has 25 heavy (non-hydrogen) atoms. The highest BCUT2D eigenvalue weighted by molar-refractivity contribution is 5.94. The van der Waals surface area contributed by atoms with E-state index < -0.39 is 0 Å². The maximum Gasteiger partial charge on any atom is 0.253 e. The first-order chi connectivity index (χ1) is 12.1. The fourth-order valence-electron chi connectivity index (χ4n) is 3.57. The number of hydrogen-bond donors (Lipinski definition) is 0. The van der Waals surface area contributed by atoms with Crippen molar-refractivity contribution in [3.8, 4) is 0 Å². The molecule has 4 rings (SSSR count). The highest BCUT2D eigenvalue weighted by Crippen LogP contribution is 2.27. The van der Waals surface area contributed by atoms with E-state index in [9.17, 15) is 4.79 Å². The molecule has 1 amide bonds. The van der Waals surface area contributed by atoms with Crippen molar-refractivity contribution in [3.05, 3.63) is 65.1 Å². The molecular weight excluding hydrogens is 312 g/mol. The largest absolute Gasteiger partial charge is 0.338 e. The van der Waals surface area contributed by atoms with Gasteiger partial charge in [-0.25, -0.2) is 0 Å². The van der Waals surface area contributed by atoms with Crippen LogP contribution in [0.4, 0.5) is 0 Å². The van der Waals surface area contributed by atoms with Crippen molar-refractivity contribution < 1.29 is 4.79 Å². The number of rotatable bonds is 2. The molecule has 0 aliphatic carbocycles. The van der Waals surface area contributed by atoms with Crippen LogP contribution in [0.1, 0.15) is 46.1 Å². The number of fused-ring (bicyclic) bond motifs is 1. The van der Waals surface area contributed by atoms with E-state index in [1.54, 1.807) is 0 Å². The van der Waals surface area contributed by atoms with Crippen LogP contribution in [0.25, 0.3) is 5.65 Å². The van der Waals surface area contributed by atoms with E-state index in [4.69, 9.17) is 0 Å².